The molecule has 5 N–H and O–H groups in total. The van der Waals surface area contributed by atoms with Crippen LogP contribution < -0.4 is 16.6 Å². The Morgan fingerprint density at radius 1 is 1.41 bits per heavy atom. The molecule has 2 heterocycles. The fraction of sp³-hybridized carbons (Fsp3) is 0.333. The van der Waals surface area contributed by atoms with Gasteiger partial charge in [0.25, 0.3) is 0 Å². The number of nitrogens with two attached hydrogens (primary N) is 2. The third kappa shape index (κ3) is 8.73. The van der Waals surface area contributed by atoms with Crippen LogP contribution in [0.5, 0.6) is 0 Å². The van der Waals surface area contributed by atoms with E-state index in [-0.39, 0.29) is 44.4 Å². The fourth-order valence-electron chi connectivity index (χ4n) is 1.04. The van der Waals surface area contributed by atoms with Crippen molar-refractivity contribution in [2.24, 2.45) is 5.84 Å². The van der Waals surface area contributed by atoms with Gasteiger partial charge in [0.2, 0.25) is 0 Å². The van der Waals surface area contributed by atoms with E-state index in [0.717, 1.165) is 5.01 Å². The van der Waals surface area contributed by atoms with E-state index in [9.17, 15) is 13.2 Å². The maximum absolute atomic E-state index is 11.1. The molecule has 13 heteroatoms. The van der Waals surface area contributed by atoms with Crippen molar-refractivity contribution in [3.63, 3.8) is 0 Å². The molecule has 2 aromatic heterocycles. The second-order valence-electron chi connectivity index (χ2n) is 3.40. The number of imidazole rings is 1. The molecule has 0 aliphatic rings. The van der Waals surface area contributed by atoms with Gasteiger partial charge in [-0.05, 0) is 6.33 Å². The molecule has 8 nitrogen and oxygen atoms in total. The van der Waals surface area contributed by atoms with Crippen molar-refractivity contribution in [3.8, 4) is 10.7 Å². The normalized spacial score (nSPS) is 10.8. The van der Waals surface area contributed by atoms with Crippen molar-refractivity contribution in [1.82, 2.24) is 20.1 Å². The molecule has 0 bridgehead atoms. The average Bonchev–Trinajstić information content (AvgIpc) is 2.97. The SMILES string of the molecule is NN(O)CCOC(F)(F)F.Nc1[n-]cnc1-c1nccs1.[Y]. The van der Waals surface area contributed by atoms with Crippen LogP contribution in [-0.4, -0.2) is 39.9 Å². The van der Waals surface area contributed by atoms with Crippen LogP contribution in [0.4, 0.5) is 19.0 Å². The summed E-state index contributed by atoms with van der Waals surface area (Å²) in [5, 5.41) is 10.9. The van der Waals surface area contributed by atoms with Gasteiger partial charge in [-0.3, -0.25) is 9.94 Å². The summed E-state index contributed by atoms with van der Waals surface area (Å²) < 4.78 is 36.7. The van der Waals surface area contributed by atoms with E-state index in [1.807, 2.05) is 5.38 Å². The number of anilines is 1. The van der Waals surface area contributed by atoms with Crippen LogP contribution in [0, 0.1) is 0 Å². The molecule has 0 aliphatic carbocycles. The van der Waals surface area contributed by atoms with Gasteiger partial charge in [0.05, 0.1) is 13.2 Å². The third-order valence-electron chi connectivity index (χ3n) is 1.85. The molecular formula is C9H12F3N6O2SY-. The second kappa shape index (κ2) is 10.2. The van der Waals surface area contributed by atoms with Crippen LogP contribution in [0.15, 0.2) is 17.9 Å². The minimum atomic E-state index is -4.66. The summed E-state index contributed by atoms with van der Waals surface area (Å²) in [6.45, 7) is -1.07. The van der Waals surface area contributed by atoms with E-state index < -0.39 is 13.0 Å². The van der Waals surface area contributed by atoms with Crippen molar-refractivity contribution >= 4 is 17.2 Å². The third-order valence-corrected chi connectivity index (χ3v) is 2.63. The molecule has 0 saturated heterocycles. The first-order chi connectivity index (χ1) is 9.79. The van der Waals surface area contributed by atoms with Crippen LogP contribution in [0.25, 0.3) is 10.7 Å². The first kappa shape index (κ1) is 21.4. The average molecular weight is 414 g/mol. The van der Waals surface area contributed by atoms with Gasteiger partial charge in [-0.15, -0.1) is 29.7 Å². The van der Waals surface area contributed by atoms with Crippen molar-refractivity contribution in [2.45, 2.75) is 6.36 Å². The van der Waals surface area contributed by atoms with Crippen LogP contribution in [-0.2, 0) is 37.4 Å². The van der Waals surface area contributed by atoms with Crippen LogP contribution in [0.2, 0.25) is 0 Å². The number of hydrazine groups is 1. The second-order valence-corrected chi connectivity index (χ2v) is 4.30. The number of ether oxygens (including phenoxy) is 1. The molecule has 2 rings (SSSR count). The quantitative estimate of drug-likeness (QED) is 0.497. The number of halogens is 3. The predicted octanol–water partition coefficient (Wildman–Crippen LogP) is 0.830. The molecule has 0 fully saturated rings. The molecule has 0 atom stereocenters. The maximum atomic E-state index is 11.1. The predicted molar refractivity (Wildman–Crippen MR) is 67.8 cm³/mol. The number of hydrogen-bond donors (Lipinski definition) is 3. The standard InChI is InChI=1S/C6H5N4S.C3H7F3N2O2.Y/c7-5-4(9-3-10-5)6-8-1-2-11-6;4-3(5,6)10-2-1-8(7)9;/h1-3H,7H2;9H,1-2,7H2;/q-1;;. The Hall–Kier alpha value is -0.626. The van der Waals surface area contributed by atoms with Crippen molar-refractivity contribution < 1.29 is 55.8 Å². The van der Waals surface area contributed by atoms with Crippen LogP contribution in [0.3, 0.4) is 0 Å². The summed E-state index contributed by atoms with van der Waals surface area (Å²) in [5.41, 5.74) is 6.21. The number of alkyl halides is 3. The summed E-state index contributed by atoms with van der Waals surface area (Å²) in [6, 6.07) is 0. The maximum Gasteiger partial charge on any atom is 0.522 e. The summed E-state index contributed by atoms with van der Waals surface area (Å²) in [7, 11) is 0. The van der Waals surface area contributed by atoms with E-state index in [1.165, 1.54) is 17.7 Å². The van der Waals surface area contributed by atoms with Crippen molar-refractivity contribution in [1.29, 1.82) is 0 Å². The molecule has 0 unspecified atom stereocenters. The Kier molecular flexibility index (Phi) is 9.92. The van der Waals surface area contributed by atoms with Crippen LogP contribution >= 0.6 is 11.3 Å². The first-order valence-electron chi connectivity index (χ1n) is 5.34. The van der Waals surface area contributed by atoms with Gasteiger partial charge in [-0.1, -0.05) is 0 Å². The summed E-state index contributed by atoms with van der Waals surface area (Å²) >= 11 is 1.50. The van der Waals surface area contributed by atoms with Gasteiger partial charge in [0, 0.05) is 55.8 Å². The van der Waals surface area contributed by atoms with E-state index in [1.54, 1.807) is 6.20 Å². The Morgan fingerprint density at radius 2 is 2.09 bits per heavy atom. The molecule has 2 aromatic rings. The number of hydrogen-bond acceptors (Lipinski definition) is 8. The van der Waals surface area contributed by atoms with E-state index >= 15 is 0 Å². The Morgan fingerprint density at radius 3 is 2.50 bits per heavy atom. The zero-order valence-electron chi connectivity index (χ0n) is 11.1. The van der Waals surface area contributed by atoms with Gasteiger partial charge in [0.1, 0.15) is 5.01 Å². The van der Waals surface area contributed by atoms with Crippen LogP contribution in [0.1, 0.15) is 0 Å². The smallest absolute Gasteiger partial charge is 0.455 e. The molecule has 121 valence electrons. The number of hydroxylamine groups is 1. The van der Waals surface area contributed by atoms with Gasteiger partial charge >= 0.3 is 6.36 Å². The summed E-state index contributed by atoms with van der Waals surface area (Å²) in [6.07, 6.45) is -1.50. The number of nitrogens with zero attached hydrogens (tertiary/aromatic N) is 4. The fourth-order valence-corrected chi connectivity index (χ4v) is 1.68. The molecule has 0 spiro atoms. The number of rotatable bonds is 4. The number of nitrogen functional groups attached to an aromatic ring is 1. The zero-order chi connectivity index (χ0) is 15.9. The molecule has 0 aliphatic heterocycles. The zero-order valence-corrected chi connectivity index (χ0v) is 14.7. The van der Waals surface area contributed by atoms with Gasteiger partial charge in [-0.25, -0.2) is 10.8 Å². The Labute approximate surface area is 152 Å². The first-order valence-corrected chi connectivity index (χ1v) is 6.22. The molecular weight excluding hydrogens is 402 g/mol. The van der Waals surface area contributed by atoms with Gasteiger partial charge in [0.15, 0.2) is 0 Å². The van der Waals surface area contributed by atoms with E-state index in [4.69, 9.17) is 10.9 Å². The van der Waals surface area contributed by atoms with Gasteiger partial charge in [-0.2, -0.15) is 0 Å². The van der Waals surface area contributed by atoms with Crippen molar-refractivity contribution in [3.05, 3.63) is 17.9 Å². The Bertz CT molecular complexity index is 522. The summed E-state index contributed by atoms with van der Waals surface area (Å²) in [5.74, 6) is 5.01. The van der Waals surface area contributed by atoms with Gasteiger partial charge < -0.3 is 15.7 Å². The molecule has 0 amide bonds. The van der Waals surface area contributed by atoms with E-state index in [2.05, 4.69) is 25.5 Å². The number of thiazole rings is 1. The molecule has 22 heavy (non-hydrogen) atoms. The molecule has 0 aromatic carbocycles. The number of aromatic nitrogens is 3. The Balaban J connectivity index is 0.000000387. The minimum absolute atomic E-state index is 0. The largest absolute Gasteiger partial charge is 0.522 e. The molecule has 0 saturated carbocycles. The summed E-state index contributed by atoms with van der Waals surface area (Å²) in [4.78, 5) is 11.8. The van der Waals surface area contributed by atoms with Crippen molar-refractivity contribution in [2.75, 3.05) is 18.9 Å². The minimum Gasteiger partial charge on any atom is -0.455 e. The monoisotopic (exact) mass is 414 g/mol. The topological polar surface area (TPSA) is 125 Å². The molecule has 1 radical (unpaired) electrons. The van der Waals surface area contributed by atoms with E-state index in [0.29, 0.717) is 11.5 Å².